The summed E-state index contributed by atoms with van der Waals surface area (Å²) >= 11 is 0. The lowest BCUT2D eigenvalue weighted by atomic mass is 9.92. The first-order valence-electron chi connectivity index (χ1n) is 5.81. The highest BCUT2D eigenvalue weighted by Crippen LogP contribution is 2.16. The van der Waals surface area contributed by atoms with E-state index in [1.807, 2.05) is 0 Å². The summed E-state index contributed by atoms with van der Waals surface area (Å²) in [5, 5.41) is 10.4. The van der Waals surface area contributed by atoms with Crippen LogP contribution >= 0.6 is 0 Å². The molecule has 17 heavy (non-hydrogen) atoms. The molecule has 0 atom stereocenters. The number of aromatic nitrogens is 3. The Hall–Kier alpha value is -1.43. The Morgan fingerprint density at radius 1 is 1.53 bits per heavy atom. The summed E-state index contributed by atoms with van der Waals surface area (Å²) in [5.74, 6) is -0.183. The summed E-state index contributed by atoms with van der Waals surface area (Å²) < 4.78 is 1.57. The molecule has 0 aliphatic heterocycles. The second-order valence-electron chi connectivity index (χ2n) is 5.22. The van der Waals surface area contributed by atoms with Gasteiger partial charge in [-0.2, -0.15) is 0 Å². The van der Waals surface area contributed by atoms with Gasteiger partial charge in [0.15, 0.2) is 5.69 Å². The summed E-state index contributed by atoms with van der Waals surface area (Å²) in [6.07, 6.45) is 2.54. The van der Waals surface area contributed by atoms with Crippen molar-refractivity contribution < 1.29 is 4.79 Å². The van der Waals surface area contributed by atoms with Crippen LogP contribution in [0.1, 0.15) is 37.7 Å². The van der Waals surface area contributed by atoms with Gasteiger partial charge >= 0.3 is 0 Å². The van der Waals surface area contributed by atoms with Crippen LogP contribution in [0.15, 0.2) is 6.20 Å². The number of amides is 1. The number of carbonyl (C=O) groups is 1. The van der Waals surface area contributed by atoms with Crippen LogP contribution in [0, 0.1) is 5.41 Å². The fourth-order valence-corrected chi connectivity index (χ4v) is 1.29. The average molecular weight is 239 g/mol. The highest BCUT2D eigenvalue weighted by molar-refractivity contribution is 5.91. The molecule has 1 aromatic heterocycles. The Morgan fingerprint density at radius 3 is 2.82 bits per heavy atom. The summed E-state index contributed by atoms with van der Waals surface area (Å²) in [7, 11) is 0. The minimum Gasteiger partial charge on any atom is -0.351 e. The van der Waals surface area contributed by atoms with Gasteiger partial charge in [0.05, 0.1) is 12.7 Å². The largest absolute Gasteiger partial charge is 0.351 e. The van der Waals surface area contributed by atoms with Gasteiger partial charge < -0.3 is 11.1 Å². The Labute approximate surface area is 102 Å². The van der Waals surface area contributed by atoms with Crippen molar-refractivity contribution in [3.05, 3.63) is 11.9 Å². The fraction of sp³-hybridized carbons (Fsp3) is 0.727. The normalized spacial score (nSPS) is 11.5. The van der Waals surface area contributed by atoms with Crippen molar-refractivity contribution in [3.8, 4) is 0 Å². The zero-order chi connectivity index (χ0) is 12.9. The van der Waals surface area contributed by atoms with E-state index in [1.54, 1.807) is 10.9 Å². The minimum absolute atomic E-state index is 0.183. The van der Waals surface area contributed by atoms with Crippen molar-refractivity contribution in [2.45, 2.75) is 33.7 Å². The van der Waals surface area contributed by atoms with Crippen LogP contribution < -0.4 is 11.1 Å². The molecule has 1 amide bonds. The van der Waals surface area contributed by atoms with Gasteiger partial charge in [0.25, 0.3) is 5.91 Å². The molecular formula is C11H21N5O. The van der Waals surface area contributed by atoms with Crippen molar-refractivity contribution in [1.82, 2.24) is 20.3 Å². The maximum atomic E-state index is 11.7. The van der Waals surface area contributed by atoms with Crippen molar-refractivity contribution in [2.24, 2.45) is 11.1 Å². The number of carbonyl (C=O) groups excluding carboxylic acids is 1. The molecule has 0 aliphatic rings. The highest BCUT2D eigenvalue weighted by Gasteiger charge is 2.13. The summed E-state index contributed by atoms with van der Waals surface area (Å²) in [5.41, 5.74) is 5.94. The first-order valence-corrected chi connectivity index (χ1v) is 5.81. The molecule has 0 radical (unpaired) electrons. The third-order valence-corrected chi connectivity index (χ3v) is 2.29. The predicted octanol–water partition coefficient (Wildman–Crippen LogP) is 0.403. The van der Waals surface area contributed by atoms with Gasteiger partial charge in [-0.3, -0.25) is 9.48 Å². The molecule has 0 fully saturated rings. The van der Waals surface area contributed by atoms with E-state index in [9.17, 15) is 4.79 Å². The molecule has 6 heteroatoms. The van der Waals surface area contributed by atoms with E-state index in [0.717, 1.165) is 6.42 Å². The monoisotopic (exact) mass is 239 g/mol. The molecule has 1 heterocycles. The van der Waals surface area contributed by atoms with Crippen molar-refractivity contribution in [3.63, 3.8) is 0 Å². The first-order chi connectivity index (χ1) is 7.92. The van der Waals surface area contributed by atoms with Crippen LogP contribution in [0.2, 0.25) is 0 Å². The van der Waals surface area contributed by atoms with Crippen LogP contribution in [0.5, 0.6) is 0 Å². The van der Waals surface area contributed by atoms with Crippen LogP contribution in [-0.2, 0) is 6.54 Å². The van der Waals surface area contributed by atoms with Crippen molar-refractivity contribution in [1.29, 1.82) is 0 Å². The number of nitrogens with two attached hydrogens (primary N) is 1. The molecule has 0 aromatic carbocycles. The van der Waals surface area contributed by atoms with Crippen molar-refractivity contribution in [2.75, 3.05) is 13.1 Å². The number of hydrogen-bond donors (Lipinski definition) is 2. The topological polar surface area (TPSA) is 85.8 Å². The average Bonchev–Trinajstić information content (AvgIpc) is 2.65. The second-order valence-corrected chi connectivity index (χ2v) is 5.22. The number of nitrogens with one attached hydrogen (secondary N) is 1. The van der Waals surface area contributed by atoms with E-state index in [-0.39, 0.29) is 11.3 Å². The molecule has 1 rings (SSSR count). The Balaban J connectivity index is 2.41. The van der Waals surface area contributed by atoms with E-state index >= 15 is 0 Å². The maximum Gasteiger partial charge on any atom is 0.273 e. The van der Waals surface area contributed by atoms with E-state index in [4.69, 9.17) is 5.73 Å². The lowest BCUT2D eigenvalue weighted by Crippen LogP contribution is -2.27. The second kappa shape index (κ2) is 5.77. The Morgan fingerprint density at radius 2 is 2.24 bits per heavy atom. The molecule has 0 aliphatic carbocycles. The first kappa shape index (κ1) is 13.6. The molecule has 0 saturated heterocycles. The third kappa shape index (κ3) is 4.95. The third-order valence-electron chi connectivity index (χ3n) is 2.29. The molecule has 0 unspecified atom stereocenters. The van der Waals surface area contributed by atoms with Crippen LogP contribution in [-0.4, -0.2) is 34.0 Å². The summed E-state index contributed by atoms with van der Waals surface area (Å²) in [4.78, 5) is 11.7. The lowest BCUT2D eigenvalue weighted by Gasteiger charge is -2.17. The Kier molecular flexibility index (Phi) is 4.62. The molecular weight excluding hydrogens is 218 g/mol. The zero-order valence-corrected chi connectivity index (χ0v) is 10.7. The highest BCUT2D eigenvalue weighted by atomic mass is 16.2. The summed E-state index contributed by atoms with van der Waals surface area (Å²) in [6.45, 7) is 8.10. The van der Waals surface area contributed by atoms with Gasteiger partial charge in [-0.1, -0.05) is 26.0 Å². The molecule has 6 nitrogen and oxygen atoms in total. The molecule has 0 bridgehead atoms. The number of rotatable bonds is 5. The smallest absolute Gasteiger partial charge is 0.273 e. The lowest BCUT2D eigenvalue weighted by molar-refractivity contribution is 0.0944. The maximum absolute atomic E-state index is 11.7. The van der Waals surface area contributed by atoms with Crippen LogP contribution in [0.3, 0.4) is 0 Å². The Bertz CT molecular complexity index is 366. The quantitative estimate of drug-likeness (QED) is 0.779. The molecule has 0 spiro atoms. The van der Waals surface area contributed by atoms with Crippen molar-refractivity contribution >= 4 is 5.91 Å². The molecule has 3 N–H and O–H groups in total. The molecule has 96 valence electrons. The van der Waals surface area contributed by atoms with Gasteiger partial charge in [-0.05, 0) is 11.8 Å². The zero-order valence-electron chi connectivity index (χ0n) is 10.7. The molecule has 1 aromatic rings. The van der Waals surface area contributed by atoms with E-state index in [0.29, 0.717) is 25.3 Å². The van der Waals surface area contributed by atoms with E-state index in [2.05, 4.69) is 36.4 Å². The van der Waals surface area contributed by atoms with Gasteiger partial charge in [0, 0.05) is 13.1 Å². The molecule has 0 saturated carbocycles. The van der Waals surface area contributed by atoms with E-state index in [1.165, 1.54) is 0 Å². The number of hydrogen-bond acceptors (Lipinski definition) is 4. The van der Waals surface area contributed by atoms with Gasteiger partial charge in [-0.25, -0.2) is 0 Å². The van der Waals surface area contributed by atoms with Crippen LogP contribution in [0.4, 0.5) is 0 Å². The van der Waals surface area contributed by atoms with Gasteiger partial charge in [0.1, 0.15) is 0 Å². The SMILES string of the molecule is CC(C)(C)CCNC(=O)c1cn(CCN)nn1. The standard InChI is InChI=1S/C11H21N5O/c1-11(2,3)4-6-13-10(17)9-8-16(7-5-12)15-14-9/h8H,4-7,12H2,1-3H3,(H,13,17). The summed E-state index contributed by atoms with van der Waals surface area (Å²) in [6, 6.07) is 0. The van der Waals surface area contributed by atoms with E-state index < -0.39 is 0 Å². The number of nitrogens with zero attached hydrogens (tertiary/aromatic N) is 3. The fourth-order valence-electron chi connectivity index (χ4n) is 1.29. The van der Waals surface area contributed by atoms with Gasteiger partial charge in [-0.15, -0.1) is 5.10 Å². The minimum atomic E-state index is -0.183. The van der Waals surface area contributed by atoms with Crippen LogP contribution in [0.25, 0.3) is 0 Å². The van der Waals surface area contributed by atoms with Gasteiger partial charge in [0.2, 0.25) is 0 Å². The predicted molar refractivity (Wildman–Crippen MR) is 65.5 cm³/mol.